The molecule has 3 heteroatoms. The molecule has 0 aromatic rings. The van der Waals surface area contributed by atoms with Crippen molar-refractivity contribution in [1.29, 1.82) is 0 Å². The lowest BCUT2D eigenvalue weighted by Crippen LogP contribution is -2.39. The molecule has 1 rings (SSSR count). The van der Waals surface area contributed by atoms with Crippen LogP contribution < -0.4 is 0 Å². The summed E-state index contributed by atoms with van der Waals surface area (Å²) < 4.78 is 2.23. The fraction of sp³-hybridized carbons (Fsp3) is 0.667. The van der Waals surface area contributed by atoms with Crippen molar-refractivity contribution in [1.82, 2.24) is 9.80 Å². The Bertz CT molecular complexity index is 299. The predicted molar refractivity (Wildman–Crippen MR) is 79.1 cm³/mol. The summed E-state index contributed by atoms with van der Waals surface area (Å²) in [5.74, 6) is 1.34. The van der Waals surface area contributed by atoms with Gasteiger partial charge in [0, 0.05) is 0 Å². The van der Waals surface area contributed by atoms with Crippen LogP contribution in [0, 0.1) is 0 Å². The van der Waals surface area contributed by atoms with Gasteiger partial charge in [-0.05, 0) is 12.8 Å². The van der Waals surface area contributed by atoms with Crippen LogP contribution in [0.3, 0.4) is 0 Å². The molecule has 1 aliphatic heterocycles. The van der Waals surface area contributed by atoms with Crippen molar-refractivity contribution in [2.24, 2.45) is 0 Å². The van der Waals surface area contributed by atoms with E-state index in [1.165, 1.54) is 5.96 Å². The van der Waals surface area contributed by atoms with E-state index in [0.29, 0.717) is 0 Å². The van der Waals surface area contributed by atoms with E-state index in [-0.39, 0.29) is 0 Å². The monoisotopic (exact) mass is 250 g/mol. The van der Waals surface area contributed by atoms with Gasteiger partial charge >= 0.3 is 5.96 Å². The Balaban J connectivity index is 2.65. The van der Waals surface area contributed by atoms with Crippen molar-refractivity contribution in [2.45, 2.75) is 26.7 Å². The molecule has 1 fully saturated rings. The maximum Gasteiger partial charge on any atom is 0.350 e. The van der Waals surface area contributed by atoms with Gasteiger partial charge in [0.15, 0.2) is 0 Å². The Hall–Kier alpha value is -1.25. The van der Waals surface area contributed by atoms with Crippen LogP contribution in [0.25, 0.3) is 0 Å². The van der Waals surface area contributed by atoms with E-state index in [2.05, 4.69) is 66.6 Å². The Morgan fingerprint density at radius 2 is 1.33 bits per heavy atom. The van der Waals surface area contributed by atoms with E-state index < -0.39 is 0 Å². The van der Waals surface area contributed by atoms with Gasteiger partial charge in [-0.25, -0.2) is 0 Å². The summed E-state index contributed by atoms with van der Waals surface area (Å²) in [5, 5.41) is 0. The molecule has 0 atom stereocenters. The highest BCUT2D eigenvalue weighted by molar-refractivity contribution is 5.77. The van der Waals surface area contributed by atoms with Gasteiger partial charge in [0.1, 0.15) is 0 Å². The lowest BCUT2D eigenvalue weighted by atomic mass is 10.4. The molecular formula is C15H28N3+. The number of nitrogens with zero attached hydrogens (tertiary/aromatic N) is 3. The lowest BCUT2D eigenvalue weighted by molar-refractivity contribution is -0.474. The summed E-state index contributed by atoms with van der Waals surface area (Å²) in [7, 11) is 4.27. The molecule has 0 bridgehead atoms. The van der Waals surface area contributed by atoms with Gasteiger partial charge in [-0.15, -0.1) is 0 Å². The second-order valence-corrected chi connectivity index (χ2v) is 4.85. The van der Waals surface area contributed by atoms with Gasteiger partial charge in [-0.3, -0.25) is 14.4 Å². The van der Waals surface area contributed by atoms with E-state index in [1.54, 1.807) is 0 Å². The number of hydrogen-bond acceptors (Lipinski definition) is 0. The topological polar surface area (TPSA) is 9.49 Å². The zero-order valence-corrected chi connectivity index (χ0v) is 12.4. The molecule has 1 aliphatic rings. The first kappa shape index (κ1) is 14.8. The molecule has 0 spiro atoms. The number of allylic oxidation sites excluding steroid dienone is 2. The highest BCUT2D eigenvalue weighted by Gasteiger charge is 2.33. The summed E-state index contributed by atoms with van der Waals surface area (Å²) in [6, 6.07) is 0. The third-order valence-electron chi connectivity index (χ3n) is 3.06. The summed E-state index contributed by atoms with van der Waals surface area (Å²) in [4.78, 5) is 4.90. The molecule has 3 nitrogen and oxygen atoms in total. The van der Waals surface area contributed by atoms with Gasteiger partial charge in [-0.1, -0.05) is 38.2 Å². The molecule has 102 valence electrons. The first-order valence-electron chi connectivity index (χ1n) is 7.04. The van der Waals surface area contributed by atoms with Gasteiger partial charge in [0.05, 0.1) is 40.3 Å². The van der Waals surface area contributed by atoms with Crippen molar-refractivity contribution in [3.63, 3.8) is 0 Å². The molecular weight excluding hydrogens is 222 g/mol. The Morgan fingerprint density at radius 1 is 0.889 bits per heavy atom. The molecule has 0 amide bonds. The van der Waals surface area contributed by atoms with E-state index >= 15 is 0 Å². The van der Waals surface area contributed by atoms with Crippen molar-refractivity contribution >= 4 is 5.96 Å². The quantitative estimate of drug-likeness (QED) is 0.528. The van der Waals surface area contributed by atoms with Crippen LogP contribution in [-0.4, -0.2) is 60.6 Å². The first-order valence-corrected chi connectivity index (χ1v) is 7.04. The van der Waals surface area contributed by atoms with Crippen LogP contribution in [0.2, 0.25) is 0 Å². The standard InChI is InChI=1S/C15H28N3/c1-5-7-9-11-17-13-14-18(12-10-8-6-2)15(17)16(3)4/h7-10H,5-6,11-14H2,1-4H3/q+1/b9-7+,10-8+. The molecule has 1 saturated heterocycles. The minimum absolute atomic E-state index is 1.02. The van der Waals surface area contributed by atoms with E-state index in [1.807, 2.05) is 0 Å². The predicted octanol–water partition coefficient (Wildman–Crippen LogP) is 2.16. The van der Waals surface area contributed by atoms with Crippen molar-refractivity contribution in [3.8, 4) is 0 Å². The van der Waals surface area contributed by atoms with Gasteiger partial charge in [0.25, 0.3) is 0 Å². The van der Waals surface area contributed by atoms with Crippen LogP contribution in [-0.2, 0) is 0 Å². The molecule has 0 saturated carbocycles. The van der Waals surface area contributed by atoms with E-state index in [9.17, 15) is 0 Å². The molecule has 0 N–H and O–H groups in total. The third-order valence-corrected chi connectivity index (χ3v) is 3.06. The van der Waals surface area contributed by atoms with Gasteiger partial charge in [-0.2, -0.15) is 0 Å². The zero-order valence-electron chi connectivity index (χ0n) is 12.4. The third kappa shape index (κ3) is 4.21. The summed E-state index contributed by atoms with van der Waals surface area (Å²) in [6.45, 7) is 8.66. The van der Waals surface area contributed by atoms with E-state index in [0.717, 1.165) is 39.0 Å². The smallest absolute Gasteiger partial charge is 0.270 e. The second-order valence-electron chi connectivity index (χ2n) is 4.85. The molecule has 1 heterocycles. The molecule has 0 aromatic carbocycles. The lowest BCUT2D eigenvalue weighted by Gasteiger charge is -2.16. The van der Waals surface area contributed by atoms with Gasteiger partial charge in [0.2, 0.25) is 0 Å². The largest absolute Gasteiger partial charge is 0.350 e. The molecule has 0 aromatic heterocycles. The Labute approximate surface area is 112 Å². The van der Waals surface area contributed by atoms with Crippen molar-refractivity contribution in [3.05, 3.63) is 24.3 Å². The maximum absolute atomic E-state index is 2.45. The highest BCUT2D eigenvalue weighted by atomic mass is 15.4. The summed E-state index contributed by atoms with van der Waals surface area (Å²) >= 11 is 0. The molecule has 0 radical (unpaired) electrons. The normalized spacial score (nSPS) is 16.6. The second kappa shape index (κ2) is 7.96. The van der Waals surface area contributed by atoms with Crippen LogP contribution in [0.15, 0.2) is 24.3 Å². The van der Waals surface area contributed by atoms with Crippen LogP contribution in [0.4, 0.5) is 0 Å². The summed E-state index contributed by atoms with van der Waals surface area (Å²) in [5.41, 5.74) is 0. The van der Waals surface area contributed by atoms with E-state index in [4.69, 9.17) is 0 Å². The fourth-order valence-corrected chi connectivity index (χ4v) is 2.29. The zero-order chi connectivity index (χ0) is 13.4. The van der Waals surface area contributed by atoms with Crippen molar-refractivity contribution in [2.75, 3.05) is 40.3 Å². The van der Waals surface area contributed by atoms with Crippen molar-refractivity contribution < 1.29 is 4.58 Å². The van der Waals surface area contributed by atoms with Crippen LogP contribution in [0.5, 0.6) is 0 Å². The molecule has 0 aliphatic carbocycles. The number of hydrogen-bond donors (Lipinski definition) is 0. The van der Waals surface area contributed by atoms with Gasteiger partial charge < -0.3 is 0 Å². The number of guanidine groups is 1. The maximum atomic E-state index is 2.45. The first-order chi connectivity index (χ1) is 8.70. The average molecular weight is 250 g/mol. The Kier molecular flexibility index (Phi) is 6.55. The Morgan fingerprint density at radius 3 is 1.67 bits per heavy atom. The molecule has 0 unspecified atom stereocenters. The van der Waals surface area contributed by atoms with Crippen LogP contribution >= 0.6 is 0 Å². The minimum Gasteiger partial charge on any atom is -0.270 e. The minimum atomic E-state index is 1.02. The highest BCUT2D eigenvalue weighted by Crippen LogP contribution is 2.08. The SMILES string of the molecule is CC/C=C/CN1CCN(C/C=C/CC)C1=[N+](C)C. The average Bonchev–Trinajstić information content (AvgIpc) is 2.73. The van der Waals surface area contributed by atoms with Crippen LogP contribution in [0.1, 0.15) is 26.7 Å². The molecule has 18 heavy (non-hydrogen) atoms. The fourth-order valence-electron chi connectivity index (χ4n) is 2.29. The summed E-state index contributed by atoms with van der Waals surface area (Å²) in [6.07, 6.45) is 11.3. The number of rotatable bonds is 6.